The molecule has 4 nitrogen and oxygen atoms in total. The number of halogens is 1. The van der Waals surface area contributed by atoms with Crippen LogP contribution in [0, 0.1) is 0 Å². The fourth-order valence-corrected chi connectivity index (χ4v) is 2.19. The summed E-state index contributed by atoms with van der Waals surface area (Å²) in [5, 5.41) is 3.49. The van der Waals surface area contributed by atoms with Crippen LogP contribution in [0.25, 0.3) is 0 Å². The Kier molecular flexibility index (Phi) is 4.70. The summed E-state index contributed by atoms with van der Waals surface area (Å²) in [4.78, 5) is 14.1. The Morgan fingerprint density at radius 2 is 1.86 bits per heavy atom. The van der Waals surface area contributed by atoms with Crippen molar-refractivity contribution in [1.29, 1.82) is 0 Å². The Balaban J connectivity index is 2.12. The minimum atomic E-state index is -0.0925. The Labute approximate surface area is 129 Å². The Bertz CT molecular complexity index is 638. The highest BCUT2D eigenvalue weighted by Crippen LogP contribution is 2.27. The number of amides is 1. The maximum atomic E-state index is 12.1. The second-order valence-corrected chi connectivity index (χ2v) is 5.46. The van der Waals surface area contributed by atoms with E-state index in [0.29, 0.717) is 22.8 Å². The monoisotopic (exact) mass is 303 g/mol. The molecule has 0 heterocycles. The highest BCUT2D eigenvalue weighted by molar-refractivity contribution is 6.31. The number of rotatable bonds is 4. The Hall–Kier alpha value is -2.20. The minimum Gasteiger partial charge on any atom is -0.399 e. The van der Waals surface area contributed by atoms with E-state index in [1.165, 1.54) is 0 Å². The van der Waals surface area contributed by atoms with Crippen molar-refractivity contribution < 1.29 is 4.79 Å². The fraction of sp³-hybridized carbons (Fsp3) is 0.188. The summed E-state index contributed by atoms with van der Waals surface area (Å²) in [6.07, 6.45) is 0.291. The van der Waals surface area contributed by atoms with E-state index in [2.05, 4.69) is 5.32 Å². The molecule has 0 atom stereocenters. The third kappa shape index (κ3) is 4.13. The number of carbonyl (C=O) groups is 1. The molecule has 0 bridgehead atoms. The molecule has 2 aromatic carbocycles. The number of carbonyl (C=O) groups excluding carboxylic acids is 1. The SMILES string of the molecule is CN(C)c1ccc(Cl)cc1NC(=O)Cc1ccc(N)cc1. The lowest BCUT2D eigenvalue weighted by molar-refractivity contribution is -0.115. The molecule has 3 N–H and O–H groups in total. The minimum absolute atomic E-state index is 0.0925. The largest absolute Gasteiger partial charge is 0.399 e. The van der Waals surface area contributed by atoms with Crippen molar-refractivity contribution in [3.05, 3.63) is 53.1 Å². The molecule has 0 aliphatic rings. The molecule has 2 aromatic rings. The molecular formula is C16H18ClN3O. The maximum absolute atomic E-state index is 12.1. The average Bonchev–Trinajstić information content (AvgIpc) is 2.41. The molecule has 0 saturated heterocycles. The molecule has 2 rings (SSSR count). The molecule has 0 radical (unpaired) electrons. The molecule has 0 aromatic heterocycles. The zero-order valence-electron chi connectivity index (χ0n) is 12.1. The molecule has 0 unspecified atom stereocenters. The van der Waals surface area contributed by atoms with E-state index in [1.807, 2.05) is 37.2 Å². The summed E-state index contributed by atoms with van der Waals surface area (Å²) < 4.78 is 0. The fourth-order valence-electron chi connectivity index (χ4n) is 2.01. The summed E-state index contributed by atoms with van der Waals surface area (Å²) in [7, 11) is 3.83. The first-order valence-corrected chi connectivity index (χ1v) is 6.94. The molecule has 21 heavy (non-hydrogen) atoms. The lowest BCUT2D eigenvalue weighted by Gasteiger charge is -2.18. The van der Waals surface area contributed by atoms with Gasteiger partial charge in [0.1, 0.15) is 0 Å². The van der Waals surface area contributed by atoms with Gasteiger partial charge in [-0.05, 0) is 35.9 Å². The van der Waals surface area contributed by atoms with Crippen molar-refractivity contribution in [2.24, 2.45) is 0 Å². The number of benzene rings is 2. The first-order valence-electron chi connectivity index (χ1n) is 6.57. The normalized spacial score (nSPS) is 10.2. The van der Waals surface area contributed by atoms with Gasteiger partial charge in [-0.15, -0.1) is 0 Å². The number of nitrogens with one attached hydrogen (secondary N) is 1. The lowest BCUT2D eigenvalue weighted by atomic mass is 10.1. The summed E-state index contributed by atoms with van der Waals surface area (Å²) in [6.45, 7) is 0. The van der Waals surface area contributed by atoms with Gasteiger partial charge in [-0.3, -0.25) is 4.79 Å². The number of nitrogens with two attached hydrogens (primary N) is 1. The predicted molar refractivity (Wildman–Crippen MR) is 89.0 cm³/mol. The third-order valence-corrected chi connectivity index (χ3v) is 3.29. The summed E-state index contributed by atoms with van der Waals surface area (Å²) in [5.41, 5.74) is 8.84. The molecule has 0 aliphatic carbocycles. The van der Waals surface area contributed by atoms with Gasteiger partial charge in [0.15, 0.2) is 0 Å². The van der Waals surface area contributed by atoms with E-state index in [1.54, 1.807) is 24.3 Å². The van der Waals surface area contributed by atoms with Gasteiger partial charge in [-0.1, -0.05) is 23.7 Å². The van der Waals surface area contributed by atoms with E-state index < -0.39 is 0 Å². The van der Waals surface area contributed by atoms with E-state index >= 15 is 0 Å². The van der Waals surface area contributed by atoms with Crippen LogP contribution in [0.4, 0.5) is 17.1 Å². The molecule has 0 saturated carbocycles. The average molecular weight is 304 g/mol. The van der Waals surface area contributed by atoms with Crippen LogP contribution in [0.2, 0.25) is 5.02 Å². The van der Waals surface area contributed by atoms with E-state index in [-0.39, 0.29) is 5.91 Å². The van der Waals surface area contributed by atoms with Gasteiger partial charge in [0.2, 0.25) is 5.91 Å². The van der Waals surface area contributed by atoms with Crippen LogP contribution in [-0.2, 0) is 11.2 Å². The molecule has 0 fully saturated rings. The van der Waals surface area contributed by atoms with Gasteiger partial charge in [0, 0.05) is 24.8 Å². The molecule has 110 valence electrons. The van der Waals surface area contributed by atoms with Crippen LogP contribution < -0.4 is 16.0 Å². The summed E-state index contributed by atoms with van der Waals surface area (Å²) in [6, 6.07) is 12.7. The van der Waals surface area contributed by atoms with Crippen LogP contribution in [0.5, 0.6) is 0 Å². The van der Waals surface area contributed by atoms with Crippen molar-refractivity contribution in [3.8, 4) is 0 Å². The van der Waals surface area contributed by atoms with Crippen molar-refractivity contribution in [3.63, 3.8) is 0 Å². The lowest BCUT2D eigenvalue weighted by Crippen LogP contribution is -2.18. The number of nitrogens with zero attached hydrogens (tertiary/aromatic N) is 1. The molecule has 0 spiro atoms. The van der Waals surface area contributed by atoms with Crippen LogP contribution in [0.15, 0.2) is 42.5 Å². The van der Waals surface area contributed by atoms with E-state index in [9.17, 15) is 4.79 Å². The van der Waals surface area contributed by atoms with Crippen molar-refractivity contribution in [2.75, 3.05) is 30.0 Å². The van der Waals surface area contributed by atoms with Crippen LogP contribution >= 0.6 is 11.6 Å². The quantitative estimate of drug-likeness (QED) is 0.853. The topological polar surface area (TPSA) is 58.4 Å². The standard InChI is InChI=1S/C16H18ClN3O/c1-20(2)15-8-5-12(17)10-14(15)19-16(21)9-11-3-6-13(18)7-4-11/h3-8,10H,9,18H2,1-2H3,(H,19,21). The van der Waals surface area contributed by atoms with Gasteiger partial charge in [-0.2, -0.15) is 0 Å². The third-order valence-electron chi connectivity index (χ3n) is 3.06. The number of nitrogen functional groups attached to an aromatic ring is 1. The number of anilines is 3. The van der Waals surface area contributed by atoms with E-state index in [0.717, 1.165) is 11.3 Å². The van der Waals surface area contributed by atoms with Crippen LogP contribution in [0.1, 0.15) is 5.56 Å². The first kappa shape index (κ1) is 15.2. The van der Waals surface area contributed by atoms with Crippen molar-refractivity contribution >= 4 is 34.6 Å². The maximum Gasteiger partial charge on any atom is 0.228 e. The second kappa shape index (κ2) is 6.50. The van der Waals surface area contributed by atoms with Gasteiger partial charge >= 0.3 is 0 Å². The van der Waals surface area contributed by atoms with Gasteiger partial charge < -0.3 is 16.0 Å². The summed E-state index contributed by atoms with van der Waals surface area (Å²) >= 11 is 6.00. The zero-order chi connectivity index (χ0) is 15.4. The van der Waals surface area contributed by atoms with Crippen LogP contribution in [0.3, 0.4) is 0 Å². The van der Waals surface area contributed by atoms with E-state index in [4.69, 9.17) is 17.3 Å². The Morgan fingerprint density at radius 1 is 1.19 bits per heavy atom. The van der Waals surface area contributed by atoms with Crippen molar-refractivity contribution in [1.82, 2.24) is 0 Å². The summed E-state index contributed by atoms with van der Waals surface area (Å²) in [5.74, 6) is -0.0925. The van der Waals surface area contributed by atoms with Gasteiger partial charge in [-0.25, -0.2) is 0 Å². The predicted octanol–water partition coefficient (Wildman–Crippen LogP) is 3.17. The zero-order valence-corrected chi connectivity index (χ0v) is 12.8. The van der Waals surface area contributed by atoms with Gasteiger partial charge in [0.25, 0.3) is 0 Å². The highest BCUT2D eigenvalue weighted by Gasteiger charge is 2.10. The number of hydrogen-bond donors (Lipinski definition) is 2. The molecular weight excluding hydrogens is 286 g/mol. The second-order valence-electron chi connectivity index (χ2n) is 5.02. The Morgan fingerprint density at radius 3 is 2.48 bits per heavy atom. The van der Waals surface area contributed by atoms with Gasteiger partial charge in [0.05, 0.1) is 17.8 Å². The molecule has 1 amide bonds. The first-order chi connectivity index (χ1) is 9.95. The van der Waals surface area contributed by atoms with Crippen LogP contribution in [-0.4, -0.2) is 20.0 Å². The smallest absolute Gasteiger partial charge is 0.228 e. The highest BCUT2D eigenvalue weighted by atomic mass is 35.5. The molecule has 0 aliphatic heterocycles. The van der Waals surface area contributed by atoms with Crippen molar-refractivity contribution in [2.45, 2.75) is 6.42 Å². The molecule has 5 heteroatoms. The number of hydrogen-bond acceptors (Lipinski definition) is 3.